The molecule has 32 nitrogen and oxygen atoms in total. The number of hydrogen-bond acceptors (Lipinski definition) is 19. The first-order valence-electron chi connectivity index (χ1n) is 48.5. The van der Waals surface area contributed by atoms with E-state index in [9.17, 15) is 83.4 Å². The van der Waals surface area contributed by atoms with Gasteiger partial charge in [-0.3, -0.25) is 59.3 Å². The number of likely N-dealkylation sites (tertiary alicyclic amines) is 2. The molecule has 6 atom stereocenters. The second-order valence-electron chi connectivity index (χ2n) is 37.2. The van der Waals surface area contributed by atoms with E-state index in [2.05, 4.69) is 58.2 Å². The van der Waals surface area contributed by atoms with Crippen LogP contribution in [0, 0.1) is 65.6 Å². The SMILES string of the molecule is CCc1cccc(-n2nc(C)cc2C(=O)Nc2c[n+](C(CCC3CC3)N3C=CCCC3=O)ccc2F)c1.COC(=O)Nc1cc(C(CCC2CC2)N2C(=O)CCCC2=O)ccc1F.COC(=O)Nc1cc(C(CCC2CC2)N2C(=O)CCCC2O)ccc1F.COC(=O)Nc1cc(C(CCC2CC2)N2C=CCCC2=O)ccc1F.CS(=O)(=O)Cl.Nc1cc(C(CCC2CC2)N2C=CCCC2=O)ccc1F.O.O.[HH].[Na+].[OH-].[Pd]. The van der Waals surface area contributed by atoms with Crippen LogP contribution in [0.4, 0.5) is 64.8 Å². The number of allylic oxidation sites excluding steroid dienone is 3. The number of halogens is 6. The number of methoxy groups -OCH3 is 3. The third kappa shape index (κ3) is 36.9. The van der Waals surface area contributed by atoms with Crippen molar-refractivity contribution in [2.75, 3.05) is 54.6 Å². The van der Waals surface area contributed by atoms with E-state index in [0.29, 0.717) is 111 Å². The Balaban J connectivity index is 0.000000276. The monoisotopic (exact) mass is 2160 g/mol. The molecule has 788 valence electrons. The average Bonchev–Trinajstić information content (AvgIpc) is 1.78. The number of nitrogen functional groups attached to an aromatic ring is 1. The third-order valence-electron chi connectivity index (χ3n) is 26.3. The first kappa shape index (κ1) is 121. The van der Waals surface area contributed by atoms with Gasteiger partial charge < -0.3 is 61.5 Å². The molecule has 145 heavy (non-hydrogen) atoms. The minimum absolute atomic E-state index is 0. The number of rotatable bonds is 32. The minimum atomic E-state index is -3.19. The Morgan fingerprint density at radius 1 is 0.503 bits per heavy atom. The molecule has 6 unspecified atom stereocenters. The Kier molecular flexibility index (Phi) is 48.5. The maximum atomic E-state index is 14.9. The normalized spacial score (nSPS) is 17.7. The zero-order chi connectivity index (χ0) is 100. The van der Waals surface area contributed by atoms with Crippen molar-refractivity contribution in [1.82, 2.24) is 34.3 Å². The number of piperidine rings is 2. The molecular weight excluding hydrogens is 2030 g/mol. The van der Waals surface area contributed by atoms with Crippen LogP contribution in [-0.4, -0.2) is 158 Å². The van der Waals surface area contributed by atoms with E-state index in [1.807, 2.05) is 72.6 Å². The molecule has 5 aliphatic carbocycles. The van der Waals surface area contributed by atoms with E-state index in [1.54, 1.807) is 74.2 Å². The molecular formula is C104H135ClF5N13NaO19PdS+. The van der Waals surface area contributed by atoms with Gasteiger partial charge in [0.05, 0.1) is 85.9 Å². The van der Waals surface area contributed by atoms with Gasteiger partial charge in [0.1, 0.15) is 40.9 Å². The van der Waals surface area contributed by atoms with E-state index in [1.165, 1.54) is 138 Å². The Labute approximate surface area is 884 Å². The van der Waals surface area contributed by atoms with Gasteiger partial charge in [-0.05, 0) is 234 Å². The smallest absolute Gasteiger partial charge is 0.870 e. The molecule has 0 radical (unpaired) electrons. The van der Waals surface area contributed by atoms with Crippen LogP contribution in [0.15, 0.2) is 158 Å². The number of pyridine rings is 1. The first-order chi connectivity index (χ1) is 67.1. The van der Waals surface area contributed by atoms with Crippen molar-refractivity contribution in [3.05, 3.63) is 227 Å². The van der Waals surface area contributed by atoms with Crippen LogP contribution >= 0.6 is 10.7 Å². The summed E-state index contributed by atoms with van der Waals surface area (Å²) in [7, 11) is 4.94. The van der Waals surface area contributed by atoms with Crippen LogP contribution in [0.2, 0.25) is 0 Å². The summed E-state index contributed by atoms with van der Waals surface area (Å²) in [5.74, 6) is 0.246. The number of imide groups is 1. The molecule has 17 rings (SSSR count). The Morgan fingerprint density at radius 2 is 0.890 bits per heavy atom. The Morgan fingerprint density at radius 3 is 1.30 bits per heavy atom. The number of anilines is 5. The van der Waals surface area contributed by atoms with E-state index in [-0.39, 0.29) is 156 Å². The van der Waals surface area contributed by atoms with Crippen molar-refractivity contribution in [2.24, 2.45) is 29.6 Å². The van der Waals surface area contributed by atoms with Crippen LogP contribution in [0.1, 0.15) is 288 Å². The molecule has 7 heterocycles. The molecule has 41 heteroatoms. The number of carbonyl (C=O) groups is 10. The third-order valence-corrected chi connectivity index (χ3v) is 26.3. The van der Waals surface area contributed by atoms with Crippen molar-refractivity contribution in [3.8, 4) is 5.69 Å². The molecule has 12 N–H and O–H groups in total. The number of nitrogens with zero attached hydrogens (tertiary/aromatic N) is 8. The van der Waals surface area contributed by atoms with Crippen molar-refractivity contribution in [1.29, 1.82) is 0 Å². The van der Waals surface area contributed by atoms with E-state index < -0.39 is 74.6 Å². The fourth-order valence-electron chi connectivity index (χ4n) is 17.8. The number of ether oxygens (including phenoxy) is 3. The van der Waals surface area contributed by atoms with Gasteiger partial charge in [-0.2, -0.15) is 9.67 Å². The predicted molar refractivity (Wildman–Crippen MR) is 530 cm³/mol. The summed E-state index contributed by atoms with van der Waals surface area (Å²) in [4.78, 5) is 130. The molecule has 5 saturated carbocycles. The second kappa shape index (κ2) is 58.1. The van der Waals surface area contributed by atoms with E-state index >= 15 is 0 Å². The zero-order valence-corrected chi connectivity index (χ0v) is 88.0. The fourth-order valence-corrected chi connectivity index (χ4v) is 17.8. The van der Waals surface area contributed by atoms with Crippen LogP contribution < -0.4 is 61.1 Å². The molecule has 5 aliphatic heterocycles. The van der Waals surface area contributed by atoms with E-state index in [0.717, 1.165) is 118 Å². The number of hydrogen-bond donors (Lipinski definition) is 6. The summed E-state index contributed by atoms with van der Waals surface area (Å²) in [5.41, 5.74) is 11.9. The van der Waals surface area contributed by atoms with Gasteiger partial charge in [-0.15, -0.1) is 0 Å². The van der Waals surface area contributed by atoms with Crippen LogP contribution in [-0.2, 0) is 78.9 Å². The van der Waals surface area contributed by atoms with Crippen LogP contribution in [0.5, 0.6) is 0 Å². The maximum absolute atomic E-state index is 14.9. The maximum Gasteiger partial charge on any atom is 1.00 e. The Bertz CT molecular complexity index is 5800. The molecule has 0 spiro atoms. The summed E-state index contributed by atoms with van der Waals surface area (Å²) in [5, 5.41) is 24.7. The average molecular weight is 2160 g/mol. The summed E-state index contributed by atoms with van der Waals surface area (Å²) >= 11 is 0. The van der Waals surface area contributed by atoms with Gasteiger partial charge in [-0.25, -0.2) is 49.4 Å². The number of aromatic nitrogens is 3. The number of amides is 10. The van der Waals surface area contributed by atoms with Gasteiger partial charge in [0.15, 0.2) is 18.2 Å². The number of aliphatic hydroxyl groups is 1. The second-order valence-corrected chi connectivity index (χ2v) is 40.3. The van der Waals surface area contributed by atoms with Gasteiger partial charge in [-0.1, -0.05) is 126 Å². The number of nitrogens with one attached hydrogen (secondary N) is 4. The topological polar surface area (TPSA) is 458 Å². The van der Waals surface area contributed by atoms with Crippen LogP contribution in [0.25, 0.3) is 5.69 Å². The van der Waals surface area contributed by atoms with Gasteiger partial charge in [0.25, 0.3) is 5.91 Å². The number of benzene rings is 5. The molecule has 10 aliphatic rings. The van der Waals surface area contributed by atoms with Gasteiger partial charge in [0.2, 0.25) is 50.7 Å². The summed E-state index contributed by atoms with van der Waals surface area (Å²) in [6.45, 7) is 3.89. The number of aryl methyl sites for hydroxylation is 2. The first-order valence-corrected chi connectivity index (χ1v) is 51.2. The molecule has 2 saturated heterocycles. The number of nitrogens with two attached hydrogens (primary N) is 1. The quantitative estimate of drug-likeness (QED) is 0.00434. The minimum Gasteiger partial charge on any atom is -0.870 e. The van der Waals surface area contributed by atoms with Gasteiger partial charge >= 0.3 is 47.8 Å². The van der Waals surface area contributed by atoms with Crippen molar-refractivity contribution < 1.29 is 170 Å². The zero-order valence-electron chi connectivity index (χ0n) is 82.9. The molecule has 5 aromatic carbocycles. The Hall–Kier alpha value is -10.8. The molecule has 2 aromatic heterocycles. The molecule has 10 amide bonds. The summed E-state index contributed by atoms with van der Waals surface area (Å²) in [6, 6.07) is 28.1. The standard InChI is InChI=1S/C29H32FN5O2.C19H25FN2O4.C19H23FN2O4.C19H23FN2O3.C17H21FN2O.CH3ClO2S.Na.3H2O.Pd.H2/c1-3-21-7-6-8-23(18-21)35-26(17-20(2)32-35)29(37)31-25-19-33(16-14-24(25)30)27(13-12-22-10-11-22)34-15-5-4-9-28(34)36;2*1-26-19(25)21-15-11-13(8-9-14(15)20)16(10-7-12-5-6-12)22-17(23)3-2-4-18(22)24;1-25-19(24)21-16-12-14(8-9-15(16)20)17(10-7-13-5-6-13)22-11-3-2-4-18(22)23;18-14-8-7-13(11-15(14)19)16(9-6-12-4-5-12)20-10-2-1-3-17(20)21;1-5(2,3)4;;;;;;/h5-8,14-19,22,27H,3-4,9-13H2,1-2H3;8-9,11-12,16-17,23H,2-7,10H2,1H3,(H,21,25);8-9,11-12,16H,2-7,10H2,1H3,(H,21,25);3,8-9,11-13,17H,2,4-7,10H2,1H3,(H,21,24);2,7-8,10-12,16H,1,3-6,9,19H2;1H3;;3*1H2;;1H/q;;;;;;+1;;;;;. The molecule has 7 aromatic rings. The summed E-state index contributed by atoms with van der Waals surface area (Å²) in [6.07, 6.45) is 41.0. The molecule has 7 fully saturated rings. The number of carbonyl (C=O) groups excluding carboxylic acids is 10. The van der Waals surface area contributed by atoms with Crippen molar-refractivity contribution in [2.45, 2.75) is 262 Å². The predicted octanol–water partition coefficient (Wildman–Crippen LogP) is 16.3. The fraction of sp³-hybridized carbons (Fsp3) is 0.481. The number of aliphatic hydroxyl groups excluding tert-OH is 1. The van der Waals surface area contributed by atoms with Crippen molar-refractivity contribution >= 4 is 108 Å². The van der Waals surface area contributed by atoms with Crippen molar-refractivity contribution in [3.63, 3.8) is 0 Å². The summed E-state index contributed by atoms with van der Waals surface area (Å²) < 4.78 is 106. The van der Waals surface area contributed by atoms with Crippen LogP contribution in [0.3, 0.4) is 0 Å². The molecule has 0 bridgehead atoms. The largest absolute Gasteiger partial charge is 1.00 e. The van der Waals surface area contributed by atoms with Gasteiger partial charge in [0, 0.05) is 102 Å². The van der Waals surface area contributed by atoms with E-state index in [4.69, 9.17) is 5.73 Å².